The Balaban J connectivity index is 2.00. The topological polar surface area (TPSA) is 41.9 Å². The van der Waals surface area contributed by atoms with Gasteiger partial charge in [-0.05, 0) is 30.4 Å². The fraction of sp³-hybridized carbons (Fsp3) is 0.0909. The number of nitrogens with zero attached hydrogens (tertiary/aromatic N) is 2. The van der Waals surface area contributed by atoms with Gasteiger partial charge in [0.15, 0.2) is 10.9 Å². The number of benzene rings is 1. The van der Waals surface area contributed by atoms with Crippen LogP contribution >= 0.6 is 35.4 Å². The van der Waals surface area contributed by atoms with Crippen molar-refractivity contribution in [3.8, 4) is 0 Å². The second-order valence-corrected chi connectivity index (χ2v) is 4.81. The highest BCUT2D eigenvalue weighted by Gasteiger charge is 2.03. The van der Waals surface area contributed by atoms with Crippen molar-refractivity contribution in [3.63, 3.8) is 0 Å². The third-order valence-electron chi connectivity index (χ3n) is 2.13. The Morgan fingerprint density at radius 1 is 1.22 bits per heavy atom. The summed E-state index contributed by atoms with van der Waals surface area (Å²) in [6.45, 7) is 0. The monoisotopic (exact) mass is 300 g/mol. The van der Waals surface area contributed by atoms with Gasteiger partial charge in [-0.25, -0.2) is 0 Å². The summed E-state index contributed by atoms with van der Waals surface area (Å²) < 4.78 is 1.68. The van der Waals surface area contributed by atoms with E-state index in [2.05, 4.69) is 15.7 Å². The molecule has 0 saturated carbocycles. The molecule has 18 heavy (non-hydrogen) atoms. The van der Waals surface area contributed by atoms with Crippen LogP contribution in [-0.2, 0) is 7.05 Å². The molecule has 1 aromatic heterocycles. The van der Waals surface area contributed by atoms with Gasteiger partial charge in [0.05, 0.1) is 10.0 Å². The van der Waals surface area contributed by atoms with Gasteiger partial charge in [0.25, 0.3) is 0 Å². The van der Waals surface area contributed by atoms with E-state index in [9.17, 15) is 0 Å². The molecule has 0 aliphatic heterocycles. The largest absolute Gasteiger partial charge is 0.332 e. The van der Waals surface area contributed by atoms with E-state index in [0.29, 0.717) is 21.0 Å². The molecule has 94 valence electrons. The molecular formula is C11H10Cl2N4S. The highest BCUT2D eigenvalue weighted by molar-refractivity contribution is 7.80. The minimum Gasteiger partial charge on any atom is -0.332 e. The zero-order valence-electron chi connectivity index (χ0n) is 9.45. The molecule has 0 radical (unpaired) electrons. The molecule has 4 nitrogen and oxygen atoms in total. The lowest BCUT2D eigenvalue weighted by atomic mass is 10.3. The fourth-order valence-corrected chi connectivity index (χ4v) is 1.85. The Kier molecular flexibility index (Phi) is 4.06. The van der Waals surface area contributed by atoms with Gasteiger partial charge >= 0.3 is 0 Å². The van der Waals surface area contributed by atoms with Crippen LogP contribution in [0.15, 0.2) is 30.5 Å². The number of aromatic nitrogens is 2. The normalized spacial score (nSPS) is 10.2. The summed E-state index contributed by atoms with van der Waals surface area (Å²) in [5, 5.41) is 11.5. The van der Waals surface area contributed by atoms with E-state index in [4.69, 9.17) is 35.4 Å². The van der Waals surface area contributed by atoms with E-state index in [0.717, 1.165) is 5.69 Å². The fourth-order valence-electron chi connectivity index (χ4n) is 1.33. The summed E-state index contributed by atoms with van der Waals surface area (Å²) in [5.41, 5.74) is 0.762. The third kappa shape index (κ3) is 3.35. The van der Waals surface area contributed by atoms with Crippen molar-refractivity contribution < 1.29 is 0 Å². The lowest BCUT2D eigenvalue weighted by Crippen LogP contribution is -2.19. The maximum atomic E-state index is 5.91. The van der Waals surface area contributed by atoms with Gasteiger partial charge in [-0.15, -0.1) is 0 Å². The molecule has 2 rings (SSSR count). The summed E-state index contributed by atoms with van der Waals surface area (Å²) in [5.74, 6) is 0.676. The lowest BCUT2D eigenvalue weighted by Gasteiger charge is -2.09. The second kappa shape index (κ2) is 5.56. The Bertz CT molecular complexity index is 582. The van der Waals surface area contributed by atoms with Crippen molar-refractivity contribution in [2.75, 3.05) is 10.6 Å². The number of hydrogen-bond donors (Lipinski definition) is 2. The van der Waals surface area contributed by atoms with Crippen molar-refractivity contribution in [1.29, 1.82) is 0 Å². The quantitative estimate of drug-likeness (QED) is 0.833. The van der Waals surface area contributed by atoms with Crippen LogP contribution < -0.4 is 10.6 Å². The number of halogens is 2. The number of rotatable bonds is 2. The first kappa shape index (κ1) is 13.1. The molecule has 0 spiro atoms. The number of anilines is 2. The number of aryl methyl sites for hydroxylation is 1. The van der Waals surface area contributed by atoms with E-state index >= 15 is 0 Å². The van der Waals surface area contributed by atoms with E-state index in [-0.39, 0.29) is 0 Å². The third-order valence-corrected chi connectivity index (χ3v) is 3.08. The molecule has 0 aliphatic rings. The first-order chi connectivity index (χ1) is 8.54. The average molecular weight is 301 g/mol. The summed E-state index contributed by atoms with van der Waals surface area (Å²) in [4.78, 5) is 0. The number of nitrogens with one attached hydrogen (secondary N) is 2. The highest BCUT2D eigenvalue weighted by atomic mass is 35.5. The molecule has 1 aromatic carbocycles. The lowest BCUT2D eigenvalue weighted by molar-refractivity contribution is 0.772. The molecule has 0 aliphatic carbocycles. The number of hydrogen-bond acceptors (Lipinski definition) is 2. The first-order valence-electron chi connectivity index (χ1n) is 5.07. The molecule has 2 N–H and O–H groups in total. The van der Waals surface area contributed by atoms with Gasteiger partial charge in [-0.3, -0.25) is 4.68 Å². The molecule has 2 aromatic rings. The van der Waals surface area contributed by atoms with Crippen molar-refractivity contribution >= 4 is 52.0 Å². The smallest absolute Gasteiger partial charge is 0.176 e. The highest BCUT2D eigenvalue weighted by Crippen LogP contribution is 2.25. The van der Waals surface area contributed by atoms with E-state index < -0.39 is 0 Å². The summed E-state index contributed by atoms with van der Waals surface area (Å²) >= 11 is 16.9. The molecule has 0 saturated heterocycles. The van der Waals surface area contributed by atoms with E-state index in [1.165, 1.54) is 0 Å². The molecule has 0 amide bonds. The summed E-state index contributed by atoms with van der Waals surface area (Å²) in [6.07, 6.45) is 1.82. The van der Waals surface area contributed by atoms with Gasteiger partial charge in [-0.2, -0.15) is 5.10 Å². The van der Waals surface area contributed by atoms with Crippen LogP contribution in [0.3, 0.4) is 0 Å². The van der Waals surface area contributed by atoms with Gasteiger partial charge in [0, 0.05) is 25.0 Å². The Morgan fingerprint density at radius 3 is 2.61 bits per heavy atom. The maximum Gasteiger partial charge on any atom is 0.176 e. The Labute approximate surface area is 120 Å². The van der Waals surface area contributed by atoms with Crippen LogP contribution in [0.4, 0.5) is 11.5 Å². The van der Waals surface area contributed by atoms with Crippen molar-refractivity contribution in [2.24, 2.45) is 7.05 Å². The standard InChI is InChI=1S/C11H10Cl2N4S/c1-17-5-4-10(16-17)15-11(18)14-7-2-3-8(12)9(13)6-7/h2-6H,1H3,(H2,14,15,16,18). The second-order valence-electron chi connectivity index (χ2n) is 3.58. The minimum absolute atomic E-state index is 0.437. The Morgan fingerprint density at radius 2 is 2.00 bits per heavy atom. The zero-order chi connectivity index (χ0) is 13.1. The minimum atomic E-state index is 0.437. The molecule has 0 atom stereocenters. The van der Waals surface area contributed by atoms with Crippen LogP contribution in [0.2, 0.25) is 10.0 Å². The molecule has 0 unspecified atom stereocenters. The van der Waals surface area contributed by atoms with Gasteiger partial charge < -0.3 is 10.6 Å². The van der Waals surface area contributed by atoms with Crippen LogP contribution in [0.1, 0.15) is 0 Å². The van der Waals surface area contributed by atoms with E-state index in [1.54, 1.807) is 22.9 Å². The number of thiocarbonyl (C=S) groups is 1. The molecule has 0 fully saturated rings. The van der Waals surface area contributed by atoms with Gasteiger partial charge in [0.2, 0.25) is 0 Å². The average Bonchev–Trinajstić information content (AvgIpc) is 2.69. The van der Waals surface area contributed by atoms with Crippen molar-refractivity contribution in [1.82, 2.24) is 9.78 Å². The van der Waals surface area contributed by atoms with E-state index in [1.807, 2.05) is 19.3 Å². The maximum absolute atomic E-state index is 5.91. The zero-order valence-corrected chi connectivity index (χ0v) is 11.8. The van der Waals surface area contributed by atoms with Crippen LogP contribution in [0.5, 0.6) is 0 Å². The Hall–Kier alpha value is -1.30. The summed E-state index contributed by atoms with van der Waals surface area (Å²) in [7, 11) is 1.83. The van der Waals surface area contributed by atoms with Crippen molar-refractivity contribution in [2.45, 2.75) is 0 Å². The molecular weight excluding hydrogens is 291 g/mol. The van der Waals surface area contributed by atoms with Crippen molar-refractivity contribution in [3.05, 3.63) is 40.5 Å². The van der Waals surface area contributed by atoms with Gasteiger partial charge in [-0.1, -0.05) is 23.2 Å². The van der Waals surface area contributed by atoms with Crippen LogP contribution in [0.25, 0.3) is 0 Å². The first-order valence-corrected chi connectivity index (χ1v) is 6.24. The molecule has 0 bridgehead atoms. The predicted octanol–water partition coefficient (Wildman–Crippen LogP) is 3.54. The SMILES string of the molecule is Cn1ccc(NC(=S)Nc2ccc(Cl)c(Cl)c2)n1. The predicted molar refractivity (Wildman–Crippen MR) is 79.5 cm³/mol. The van der Waals surface area contributed by atoms with Crippen LogP contribution in [0, 0.1) is 0 Å². The molecule has 1 heterocycles. The van der Waals surface area contributed by atoms with Crippen LogP contribution in [-0.4, -0.2) is 14.9 Å². The summed E-state index contributed by atoms with van der Waals surface area (Å²) in [6, 6.07) is 7.02. The van der Waals surface area contributed by atoms with Gasteiger partial charge in [0.1, 0.15) is 0 Å². The molecule has 7 heteroatoms.